The fourth-order valence-electron chi connectivity index (χ4n) is 2.41. The number of rotatable bonds is 7. The number of hydrogen-bond acceptors (Lipinski definition) is 6. The van der Waals surface area contributed by atoms with Crippen LogP contribution in [0.1, 0.15) is 11.1 Å². The number of nitrogens with one attached hydrogen (secondary N) is 1. The normalized spacial score (nSPS) is 11.3. The number of nitrogens with zero attached hydrogens (tertiary/aromatic N) is 3. The molecule has 9 heteroatoms. The summed E-state index contributed by atoms with van der Waals surface area (Å²) in [6.07, 6.45) is -2.28. The molecule has 0 aliphatic heterocycles. The molecule has 146 valence electrons. The van der Waals surface area contributed by atoms with E-state index in [4.69, 9.17) is 9.84 Å². The lowest BCUT2D eigenvalue weighted by molar-refractivity contribution is -0.139. The van der Waals surface area contributed by atoms with Crippen LogP contribution in [0.4, 0.5) is 19.1 Å². The van der Waals surface area contributed by atoms with Gasteiger partial charge in [0.15, 0.2) is 0 Å². The van der Waals surface area contributed by atoms with Crippen LogP contribution < -0.4 is 10.1 Å². The van der Waals surface area contributed by atoms with E-state index in [1.165, 1.54) is 0 Å². The van der Waals surface area contributed by atoms with E-state index >= 15 is 0 Å². The van der Waals surface area contributed by atoms with Crippen LogP contribution >= 0.6 is 0 Å². The van der Waals surface area contributed by atoms with Gasteiger partial charge in [0.25, 0.3) is 0 Å². The lowest BCUT2D eigenvalue weighted by Crippen LogP contribution is -2.14. The van der Waals surface area contributed by atoms with Gasteiger partial charge in [-0.25, -0.2) is 4.98 Å². The third-order valence-corrected chi connectivity index (χ3v) is 3.75. The van der Waals surface area contributed by atoms with Crippen molar-refractivity contribution in [2.45, 2.75) is 12.7 Å². The molecule has 3 rings (SSSR count). The van der Waals surface area contributed by atoms with Crippen LogP contribution in [0.25, 0.3) is 11.3 Å². The van der Waals surface area contributed by atoms with Crippen molar-refractivity contribution in [2.75, 3.05) is 18.5 Å². The first-order valence-electron chi connectivity index (χ1n) is 8.39. The summed E-state index contributed by atoms with van der Waals surface area (Å²) in [5.41, 5.74) is 1.60. The summed E-state index contributed by atoms with van der Waals surface area (Å²) in [4.78, 5) is 11.7. The van der Waals surface area contributed by atoms with Crippen LogP contribution in [0.2, 0.25) is 0 Å². The number of alkyl halides is 3. The van der Waals surface area contributed by atoms with Crippen LogP contribution in [0.15, 0.2) is 54.9 Å². The van der Waals surface area contributed by atoms with E-state index in [1.54, 1.807) is 6.20 Å². The third kappa shape index (κ3) is 4.95. The lowest BCUT2D eigenvalue weighted by atomic mass is 10.1. The highest BCUT2D eigenvalue weighted by Gasteiger charge is 2.36. The van der Waals surface area contributed by atoms with Crippen molar-refractivity contribution in [1.29, 1.82) is 0 Å². The fourth-order valence-corrected chi connectivity index (χ4v) is 2.41. The van der Waals surface area contributed by atoms with Gasteiger partial charge < -0.3 is 15.2 Å². The van der Waals surface area contributed by atoms with Gasteiger partial charge in [-0.05, 0) is 17.7 Å². The highest BCUT2D eigenvalue weighted by atomic mass is 19.4. The lowest BCUT2D eigenvalue weighted by Gasteiger charge is -2.13. The fraction of sp³-hybridized carbons (Fsp3) is 0.211. The minimum absolute atomic E-state index is 0.00487. The predicted octanol–water partition coefficient (Wildman–Crippen LogP) is 3.54. The maximum atomic E-state index is 13.0. The Morgan fingerprint density at radius 2 is 1.82 bits per heavy atom. The molecule has 28 heavy (non-hydrogen) atoms. The molecule has 0 aliphatic rings. The van der Waals surface area contributed by atoms with E-state index in [9.17, 15) is 13.2 Å². The second-order valence-electron chi connectivity index (χ2n) is 5.75. The molecular formula is C19H17F3N4O2. The Hall–Kier alpha value is -3.20. The van der Waals surface area contributed by atoms with Crippen molar-refractivity contribution in [3.63, 3.8) is 0 Å². The number of benzene rings is 1. The predicted molar refractivity (Wildman–Crippen MR) is 96.6 cm³/mol. The number of aliphatic hydroxyl groups excluding tert-OH is 1. The first-order valence-corrected chi connectivity index (χ1v) is 8.39. The summed E-state index contributed by atoms with van der Waals surface area (Å²) in [5, 5.41) is 11.6. The Bertz CT molecular complexity index is 903. The molecule has 0 fully saturated rings. The van der Waals surface area contributed by atoms with Gasteiger partial charge in [0.1, 0.15) is 12.2 Å². The van der Waals surface area contributed by atoms with E-state index in [0.29, 0.717) is 12.7 Å². The molecule has 0 amide bonds. The van der Waals surface area contributed by atoms with E-state index < -0.39 is 24.2 Å². The maximum Gasteiger partial charge on any atom is 0.423 e. The first kappa shape index (κ1) is 19.6. The topological polar surface area (TPSA) is 80.2 Å². The van der Waals surface area contributed by atoms with Crippen molar-refractivity contribution in [2.24, 2.45) is 0 Å². The summed E-state index contributed by atoms with van der Waals surface area (Å²) < 4.78 is 43.9. The molecule has 0 bridgehead atoms. The summed E-state index contributed by atoms with van der Waals surface area (Å²) in [6.45, 7) is -0.408. The summed E-state index contributed by atoms with van der Waals surface area (Å²) in [7, 11) is 0. The number of anilines is 1. The average molecular weight is 390 g/mol. The zero-order valence-electron chi connectivity index (χ0n) is 14.6. The first-order chi connectivity index (χ1) is 13.5. The van der Waals surface area contributed by atoms with Gasteiger partial charge in [0, 0.05) is 24.5 Å². The molecule has 2 N–H and O–H groups in total. The highest BCUT2D eigenvalue weighted by molar-refractivity contribution is 5.59. The maximum absolute atomic E-state index is 13.0. The Labute approximate surface area is 159 Å². The van der Waals surface area contributed by atoms with Gasteiger partial charge in [0.2, 0.25) is 11.8 Å². The van der Waals surface area contributed by atoms with Gasteiger partial charge >= 0.3 is 6.18 Å². The molecule has 3 aromatic rings. The Morgan fingerprint density at radius 1 is 1.04 bits per heavy atom. The summed E-state index contributed by atoms with van der Waals surface area (Å²) in [5.74, 6) is -0.626. The molecule has 0 saturated carbocycles. The molecule has 2 heterocycles. The molecule has 1 aromatic carbocycles. The molecular weight excluding hydrogens is 373 g/mol. The molecule has 2 aromatic heterocycles. The molecule has 0 aliphatic carbocycles. The van der Waals surface area contributed by atoms with Crippen molar-refractivity contribution >= 4 is 5.95 Å². The van der Waals surface area contributed by atoms with E-state index in [0.717, 1.165) is 16.8 Å². The van der Waals surface area contributed by atoms with Crippen molar-refractivity contribution in [3.8, 4) is 17.1 Å². The van der Waals surface area contributed by atoms with E-state index in [2.05, 4.69) is 20.3 Å². The van der Waals surface area contributed by atoms with Crippen LogP contribution in [-0.4, -0.2) is 33.3 Å². The minimum atomic E-state index is -4.65. The van der Waals surface area contributed by atoms with Crippen LogP contribution in [0.3, 0.4) is 0 Å². The standard InChI is InChI=1S/C19H17F3N4O2/c20-19(21,22)15-12-25-18(26-17(15)28-10-9-27)24-11-13-4-6-14(7-5-13)16-3-1-2-8-23-16/h1-8,12,27H,9-11H2,(H,24,25,26). The second kappa shape index (κ2) is 8.66. The molecule has 0 atom stereocenters. The number of pyridine rings is 1. The van der Waals surface area contributed by atoms with Crippen LogP contribution in [0.5, 0.6) is 5.88 Å². The second-order valence-corrected chi connectivity index (χ2v) is 5.75. The summed E-state index contributed by atoms with van der Waals surface area (Å²) in [6, 6.07) is 13.2. The van der Waals surface area contributed by atoms with Crippen LogP contribution in [-0.2, 0) is 12.7 Å². The summed E-state index contributed by atoms with van der Waals surface area (Å²) >= 11 is 0. The third-order valence-electron chi connectivity index (χ3n) is 3.75. The Morgan fingerprint density at radius 3 is 2.46 bits per heavy atom. The molecule has 0 unspecified atom stereocenters. The van der Waals surface area contributed by atoms with Crippen LogP contribution in [0, 0.1) is 0 Å². The van der Waals surface area contributed by atoms with Gasteiger partial charge in [0.05, 0.1) is 12.3 Å². The SMILES string of the molecule is OCCOc1nc(NCc2ccc(-c3ccccn3)cc2)ncc1C(F)(F)F. The smallest absolute Gasteiger partial charge is 0.423 e. The van der Waals surface area contributed by atoms with Gasteiger partial charge in [-0.3, -0.25) is 4.98 Å². The van der Waals surface area contributed by atoms with E-state index in [1.807, 2.05) is 42.5 Å². The van der Waals surface area contributed by atoms with Gasteiger partial charge in [-0.1, -0.05) is 30.3 Å². The Balaban J connectivity index is 1.70. The average Bonchev–Trinajstić information content (AvgIpc) is 2.71. The number of aliphatic hydroxyl groups is 1. The number of halogens is 3. The molecule has 0 spiro atoms. The molecule has 0 saturated heterocycles. The van der Waals surface area contributed by atoms with Crippen molar-refractivity contribution < 1.29 is 23.0 Å². The zero-order chi connectivity index (χ0) is 20.0. The van der Waals surface area contributed by atoms with E-state index in [-0.39, 0.29) is 12.6 Å². The Kier molecular flexibility index (Phi) is 6.05. The monoisotopic (exact) mass is 390 g/mol. The highest BCUT2D eigenvalue weighted by Crippen LogP contribution is 2.35. The minimum Gasteiger partial charge on any atom is -0.475 e. The quantitative estimate of drug-likeness (QED) is 0.642. The number of aromatic nitrogens is 3. The molecule has 0 radical (unpaired) electrons. The van der Waals surface area contributed by atoms with Gasteiger partial charge in [-0.15, -0.1) is 0 Å². The van der Waals surface area contributed by atoms with Crippen molar-refractivity contribution in [1.82, 2.24) is 15.0 Å². The van der Waals surface area contributed by atoms with Gasteiger partial charge in [-0.2, -0.15) is 18.2 Å². The zero-order valence-corrected chi connectivity index (χ0v) is 14.6. The largest absolute Gasteiger partial charge is 0.475 e. The number of ether oxygens (including phenoxy) is 1. The number of hydrogen-bond donors (Lipinski definition) is 2. The molecule has 6 nitrogen and oxygen atoms in total. The van der Waals surface area contributed by atoms with Crippen molar-refractivity contribution in [3.05, 3.63) is 66.0 Å².